The normalized spacial score (nSPS) is 19.0. The van der Waals surface area contributed by atoms with E-state index in [1.165, 1.54) is 5.56 Å². The first kappa shape index (κ1) is 15.4. The summed E-state index contributed by atoms with van der Waals surface area (Å²) in [6, 6.07) is 17.8. The van der Waals surface area contributed by atoms with Crippen molar-refractivity contribution >= 4 is 5.84 Å². The van der Waals surface area contributed by atoms with E-state index in [4.69, 9.17) is 15.7 Å². The topological polar surface area (TPSA) is 71.1 Å². The van der Waals surface area contributed by atoms with E-state index in [-0.39, 0.29) is 11.9 Å². The van der Waals surface area contributed by atoms with Gasteiger partial charge in [-0.1, -0.05) is 35.5 Å². The molecule has 1 fully saturated rings. The molecule has 0 spiro atoms. The molecular weight excluding hydrogens is 290 g/mol. The third-order valence-electron chi connectivity index (χ3n) is 4.04. The molecule has 3 N–H and O–H groups in total. The van der Waals surface area contributed by atoms with Crippen LogP contribution in [0, 0.1) is 0 Å². The van der Waals surface area contributed by atoms with Gasteiger partial charge in [0, 0.05) is 25.2 Å². The summed E-state index contributed by atoms with van der Waals surface area (Å²) < 4.78 is 6.03. The Morgan fingerprint density at radius 1 is 1.17 bits per heavy atom. The highest BCUT2D eigenvalue weighted by atomic mass is 16.5. The summed E-state index contributed by atoms with van der Waals surface area (Å²) >= 11 is 0. The third kappa shape index (κ3) is 4.02. The van der Waals surface area contributed by atoms with Gasteiger partial charge in [-0.2, -0.15) is 0 Å². The van der Waals surface area contributed by atoms with Gasteiger partial charge in [-0.25, -0.2) is 0 Å². The van der Waals surface area contributed by atoms with Crippen molar-refractivity contribution in [3.05, 3.63) is 65.7 Å². The van der Waals surface area contributed by atoms with E-state index in [2.05, 4.69) is 34.3 Å². The van der Waals surface area contributed by atoms with Gasteiger partial charge in [0.25, 0.3) is 0 Å². The standard InChI is InChI=1S/C18H21N3O2/c19-18(20-22)15-6-8-16(9-7-15)23-17-10-11-21(13-17)12-14-4-2-1-3-5-14/h1-9,17,22H,10-13H2,(H2,19,20). The Morgan fingerprint density at radius 2 is 1.91 bits per heavy atom. The molecular formula is C18H21N3O2. The Hall–Kier alpha value is -2.53. The molecule has 0 bridgehead atoms. The second-order valence-corrected chi connectivity index (χ2v) is 5.76. The molecule has 0 aromatic heterocycles. The lowest BCUT2D eigenvalue weighted by molar-refractivity contribution is 0.198. The molecule has 1 heterocycles. The molecule has 1 unspecified atom stereocenters. The van der Waals surface area contributed by atoms with Crippen molar-refractivity contribution in [1.29, 1.82) is 0 Å². The van der Waals surface area contributed by atoms with E-state index < -0.39 is 0 Å². The van der Waals surface area contributed by atoms with Gasteiger partial charge in [0.1, 0.15) is 11.9 Å². The number of amidine groups is 1. The molecule has 1 saturated heterocycles. The number of nitrogens with two attached hydrogens (primary N) is 1. The van der Waals surface area contributed by atoms with Crippen molar-refractivity contribution in [3.63, 3.8) is 0 Å². The molecule has 1 aliphatic heterocycles. The second-order valence-electron chi connectivity index (χ2n) is 5.76. The molecule has 3 rings (SSSR count). The zero-order valence-corrected chi connectivity index (χ0v) is 12.9. The number of likely N-dealkylation sites (tertiary alicyclic amines) is 1. The molecule has 2 aromatic carbocycles. The van der Waals surface area contributed by atoms with Crippen molar-refractivity contribution < 1.29 is 9.94 Å². The largest absolute Gasteiger partial charge is 0.489 e. The van der Waals surface area contributed by atoms with Crippen molar-refractivity contribution in [3.8, 4) is 5.75 Å². The summed E-state index contributed by atoms with van der Waals surface area (Å²) in [5.41, 5.74) is 7.56. The first-order valence-electron chi connectivity index (χ1n) is 7.75. The van der Waals surface area contributed by atoms with Crippen molar-refractivity contribution in [2.75, 3.05) is 13.1 Å². The van der Waals surface area contributed by atoms with Crippen LogP contribution in [0.5, 0.6) is 5.75 Å². The van der Waals surface area contributed by atoms with Gasteiger partial charge in [0.2, 0.25) is 0 Å². The number of oxime groups is 1. The molecule has 0 amide bonds. The van der Waals surface area contributed by atoms with Gasteiger partial charge >= 0.3 is 0 Å². The molecule has 0 radical (unpaired) electrons. The maximum atomic E-state index is 8.66. The van der Waals surface area contributed by atoms with E-state index in [1.54, 1.807) is 12.1 Å². The molecule has 1 atom stereocenters. The van der Waals surface area contributed by atoms with Crippen LogP contribution in [0.1, 0.15) is 17.5 Å². The van der Waals surface area contributed by atoms with Gasteiger partial charge in [0.15, 0.2) is 5.84 Å². The molecule has 0 saturated carbocycles. The SMILES string of the molecule is N/C(=N/O)c1ccc(OC2CCN(Cc3ccccc3)C2)cc1. The summed E-state index contributed by atoms with van der Waals surface area (Å²) in [7, 11) is 0. The molecule has 1 aliphatic rings. The smallest absolute Gasteiger partial charge is 0.170 e. The van der Waals surface area contributed by atoms with E-state index in [0.29, 0.717) is 5.56 Å². The minimum atomic E-state index is 0.103. The van der Waals surface area contributed by atoms with Gasteiger partial charge in [0.05, 0.1) is 0 Å². The lowest BCUT2D eigenvalue weighted by atomic mass is 10.2. The maximum Gasteiger partial charge on any atom is 0.170 e. The van der Waals surface area contributed by atoms with E-state index in [9.17, 15) is 0 Å². The first-order chi connectivity index (χ1) is 11.2. The van der Waals surface area contributed by atoms with Crippen molar-refractivity contribution in [1.82, 2.24) is 4.90 Å². The third-order valence-corrected chi connectivity index (χ3v) is 4.04. The van der Waals surface area contributed by atoms with Crippen LogP contribution in [-0.2, 0) is 6.54 Å². The molecule has 23 heavy (non-hydrogen) atoms. The predicted molar refractivity (Wildman–Crippen MR) is 89.7 cm³/mol. The second kappa shape index (κ2) is 7.15. The number of ether oxygens (including phenoxy) is 1. The number of hydrogen-bond donors (Lipinski definition) is 2. The van der Waals surface area contributed by atoms with Gasteiger partial charge < -0.3 is 15.7 Å². The lowest BCUT2D eigenvalue weighted by Crippen LogP contribution is -2.24. The molecule has 5 heteroatoms. The minimum Gasteiger partial charge on any atom is -0.489 e. The fourth-order valence-corrected chi connectivity index (χ4v) is 2.83. The Balaban J connectivity index is 1.53. The highest BCUT2D eigenvalue weighted by molar-refractivity contribution is 5.97. The van der Waals surface area contributed by atoms with E-state index in [0.717, 1.165) is 31.8 Å². The van der Waals surface area contributed by atoms with Gasteiger partial charge in [-0.05, 0) is 36.2 Å². The average molecular weight is 311 g/mol. The predicted octanol–water partition coefficient (Wildman–Crippen LogP) is 2.43. The fraction of sp³-hybridized carbons (Fsp3) is 0.278. The van der Waals surface area contributed by atoms with Crippen LogP contribution in [-0.4, -0.2) is 35.1 Å². The summed E-state index contributed by atoms with van der Waals surface area (Å²) in [4.78, 5) is 2.41. The summed E-state index contributed by atoms with van der Waals surface area (Å²) in [6.45, 7) is 2.93. The number of benzene rings is 2. The van der Waals surface area contributed by atoms with E-state index in [1.807, 2.05) is 18.2 Å². The van der Waals surface area contributed by atoms with Crippen LogP contribution in [0.3, 0.4) is 0 Å². The Morgan fingerprint density at radius 3 is 2.61 bits per heavy atom. The zero-order chi connectivity index (χ0) is 16.1. The average Bonchev–Trinajstić information content (AvgIpc) is 3.02. The minimum absolute atomic E-state index is 0.103. The first-order valence-corrected chi connectivity index (χ1v) is 7.75. The van der Waals surface area contributed by atoms with Crippen LogP contribution in [0.4, 0.5) is 0 Å². The van der Waals surface area contributed by atoms with E-state index >= 15 is 0 Å². The maximum absolute atomic E-state index is 8.66. The summed E-state index contributed by atoms with van der Waals surface area (Å²) in [6.07, 6.45) is 1.22. The fourth-order valence-electron chi connectivity index (χ4n) is 2.83. The van der Waals surface area contributed by atoms with Gasteiger partial charge in [-0.15, -0.1) is 0 Å². The number of rotatable bonds is 5. The molecule has 2 aromatic rings. The highest BCUT2D eigenvalue weighted by Gasteiger charge is 2.23. The van der Waals surface area contributed by atoms with Crippen LogP contribution >= 0.6 is 0 Å². The molecule has 120 valence electrons. The number of hydrogen-bond acceptors (Lipinski definition) is 4. The Kier molecular flexibility index (Phi) is 4.78. The molecule has 0 aliphatic carbocycles. The van der Waals surface area contributed by atoms with Gasteiger partial charge in [-0.3, -0.25) is 4.90 Å². The summed E-state index contributed by atoms with van der Waals surface area (Å²) in [5, 5.41) is 11.7. The molecule has 5 nitrogen and oxygen atoms in total. The Labute approximate surface area is 136 Å². The number of nitrogens with zero attached hydrogens (tertiary/aromatic N) is 2. The lowest BCUT2D eigenvalue weighted by Gasteiger charge is -2.17. The van der Waals surface area contributed by atoms with Crippen LogP contribution in [0.25, 0.3) is 0 Å². The van der Waals surface area contributed by atoms with Crippen LogP contribution < -0.4 is 10.5 Å². The van der Waals surface area contributed by atoms with Crippen LogP contribution in [0.15, 0.2) is 59.8 Å². The quantitative estimate of drug-likeness (QED) is 0.385. The zero-order valence-electron chi connectivity index (χ0n) is 12.9. The van der Waals surface area contributed by atoms with Crippen molar-refractivity contribution in [2.24, 2.45) is 10.9 Å². The Bertz CT molecular complexity index is 656. The monoisotopic (exact) mass is 311 g/mol. The highest BCUT2D eigenvalue weighted by Crippen LogP contribution is 2.20. The van der Waals surface area contributed by atoms with Crippen LogP contribution in [0.2, 0.25) is 0 Å². The summed E-state index contributed by atoms with van der Waals surface area (Å²) in [5.74, 6) is 0.914. The van der Waals surface area contributed by atoms with Crippen molar-refractivity contribution in [2.45, 2.75) is 19.1 Å².